The molecule has 0 aromatic heterocycles. The zero-order chi connectivity index (χ0) is 18.2. The molecule has 2 rings (SSSR count). The van der Waals surface area contributed by atoms with Crippen molar-refractivity contribution in [2.75, 3.05) is 0 Å². The summed E-state index contributed by atoms with van der Waals surface area (Å²) < 4.78 is 14.4. The van der Waals surface area contributed by atoms with Crippen molar-refractivity contribution in [1.82, 2.24) is 0 Å². The molecule has 0 aromatic rings. The summed E-state index contributed by atoms with van der Waals surface area (Å²) in [5, 5.41) is 66.0. The van der Waals surface area contributed by atoms with E-state index in [9.17, 15) is 35.1 Å². The fourth-order valence-electron chi connectivity index (χ4n) is 2.23. The van der Waals surface area contributed by atoms with Gasteiger partial charge in [0, 0.05) is 0 Å². The van der Waals surface area contributed by atoms with Gasteiger partial charge >= 0.3 is 11.9 Å². The Kier molecular flexibility index (Phi) is 5.39. The number of hydrogen-bond acceptors (Lipinski definition) is 10. The number of carbonyl (C=O) groups is 2. The third-order valence-electron chi connectivity index (χ3n) is 3.50. The van der Waals surface area contributed by atoms with Crippen molar-refractivity contribution in [1.29, 1.82) is 0 Å². The Morgan fingerprint density at radius 2 is 1.62 bits per heavy atom. The maximum absolute atomic E-state index is 11.2. The summed E-state index contributed by atoms with van der Waals surface area (Å²) in [4.78, 5) is 22.0. The van der Waals surface area contributed by atoms with E-state index in [0.29, 0.717) is 6.08 Å². The quantitative estimate of drug-likeness (QED) is 0.258. The van der Waals surface area contributed by atoms with Crippen LogP contribution in [0.3, 0.4) is 0 Å². The van der Waals surface area contributed by atoms with Crippen LogP contribution in [0.15, 0.2) is 11.8 Å². The van der Waals surface area contributed by atoms with E-state index in [2.05, 4.69) is 4.74 Å². The number of rotatable bonds is 4. The van der Waals surface area contributed by atoms with E-state index < -0.39 is 66.9 Å². The molecule has 0 aliphatic carbocycles. The lowest BCUT2D eigenvalue weighted by atomic mass is 9.98. The van der Waals surface area contributed by atoms with E-state index in [1.54, 1.807) is 0 Å². The van der Waals surface area contributed by atoms with Crippen molar-refractivity contribution in [2.24, 2.45) is 0 Å². The van der Waals surface area contributed by atoms with Crippen LogP contribution < -0.4 is 0 Å². The second-order valence-electron chi connectivity index (χ2n) is 5.17. The van der Waals surface area contributed by atoms with Gasteiger partial charge in [0.25, 0.3) is 0 Å². The zero-order valence-corrected chi connectivity index (χ0v) is 11.9. The Morgan fingerprint density at radius 3 is 2.17 bits per heavy atom. The molecule has 2 aliphatic rings. The molecular formula is C12H16O12. The van der Waals surface area contributed by atoms with Gasteiger partial charge in [0.15, 0.2) is 12.4 Å². The SMILES string of the molecule is O=C(O)C1=C[C@H](O)[C@@H](O)[C@@H](O[C@@H]2[C@H](O)[C@@H](O)[C@@H](O)O[C@@H]2C(=O)O)O1. The summed E-state index contributed by atoms with van der Waals surface area (Å²) in [6, 6.07) is 0. The summed E-state index contributed by atoms with van der Waals surface area (Å²) in [7, 11) is 0. The molecular weight excluding hydrogens is 336 g/mol. The van der Waals surface area contributed by atoms with E-state index in [-0.39, 0.29) is 0 Å². The molecule has 12 nitrogen and oxygen atoms in total. The molecule has 24 heavy (non-hydrogen) atoms. The van der Waals surface area contributed by atoms with Crippen LogP contribution in [-0.4, -0.2) is 96.9 Å². The number of aliphatic carboxylic acids is 2. The summed E-state index contributed by atoms with van der Waals surface area (Å²) in [5.74, 6) is -4.01. The third-order valence-corrected chi connectivity index (χ3v) is 3.50. The predicted octanol–water partition coefficient (Wildman–Crippen LogP) is -4.06. The fraction of sp³-hybridized carbons (Fsp3) is 0.667. The lowest BCUT2D eigenvalue weighted by Gasteiger charge is -2.41. The summed E-state index contributed by atoms with van der Waals surface area (Å²) in [5.41, 5.74) is 0. The molecule has 1 fully saturated rings. The van der Waals surface area contributed by atoms with Gasteiger partial charge in [-0.05, 0) is 6.08 Å². The topological polar surface area (TPSA) is 203 Å². The largest absolute Gasteiger partial charge is 0.479 e. The maximum atomic E-state index is 11.2. The maximum Gasteiger partial charge on any atom is 0.371 e. The van der Waals surface area contributed by atoms with Crippen molar-refractivity contribution in [3.63, 3.8) is 0 Å². The van der Waals surface area contributed by atoms with Crippen molar-refractivity contribution < 1.29 is 59.5 Å². The smallest absolute Gasteiger partial charge is 0.371 e. The molecule has 136 valence electrons. The van der Waals surface area contributed by atoms with Crippen LogP contribution in [0.25, 0.3) is 0 Å². The van der Waals surface area contributed by atoms with Gasteiger partial charge < -0.3 is 50.0 Å². The molecule has 7 N–H and O–H groups in total. The second-order valence-corrected chi connectivity index (χ2v) is 5.17. The first-order valence-corrected chi connectivity index (χ1v) is 6.69. The minimum Gasteiger partial charge on any atom is -0.479 e. The Morgan fingerprint density at radius 1 is 1.00 bits per heavy atom. The van der Waals surface area contributed by atoms with Gasteiger partial charge in [0.2, 0.25) is 12.0 Å². The molecule has 8 atom stereocenters. The van der Waals surface area contributed by atoms with E-state index in [1.165, 1.54) is 0 Å². The highest BCUT2D eigenvalue weighted by molar-refractivity contribution is 5.84. The van der Waals surface area contributed by atoms with Crippen LogP contribution in [-0.2, 0) is 23.8 Å². The van der Waals surface area contributed by atoms with Gasteiger partial charge in [0.05, 0.1) is 0 Å². The van der Waals surface area contributed by atoms with Crippen molar-refractivity contribution in [3.05, 3.63) is 11.8 Å². The first-order chi connectivity index (χ1) is 11.1. The van der Waals surface area contributed by atoms with E-state index in [4.69, 9.17) is 19.7 Å². The van der Waals surface area contributed by atoms with Gasteiger partial charge in [-0.3, -0.25) is 0 Å². The molecule has 2 aliphatic heterocycles. The minimum absolute atomic E-state index is 0.702. The summed E-state index contributed by atoms with van der Waals surface area (Å²) in [6.07, 6.45) is -14.3. The van der Waals surface area contributed by atoms with Crippen LogP contribution in [0, 0.1) is 0 Å². The lowest BCUT2D eigenvalue weighted by molar-refractivity contribution is -0.319. The highest BCUT2D eigenvalue weighted by Crippen LogP contribution is 2.27. The van der Waals surface area contributed by atoms with E-state index in [1.807, 2.05) is 0 Å². The van der Waals surface area contributed by atoms with Crippen LogP contribution in [0.2, 0.25) is 0 Å². The fourth-order valence-corrected chi connectivity index (χ4v) is 2.23. The number of aliphatic hydroxyl groups excluding tert-OH is 5. The third kappa shape index (κ3) is 3.49. The Bertz CT molecular complexity index is 532. The Hall–Kier alpha value is -1.80. The standard InChI is InChI=1S/C12H16O12/c13-2-1-3(9(17)18)22-12(4(2)14)24-7-5(15)6(16)11(21)23-8(7)10(19)20/h1-2,4-8,11-16,21H,(H,17,18)(H,19,20)/t2-,4+,5+,6+,7+,8-,11-,12+/m0/s1. The first-order valence-electron chi connectivity index (χ1n) is 6.69. The van der Waals surface area contributed by atoms with Crippen LogP contribution in [0.4, 0.5) is 0 Å². The van der Waals surface area contributed by atoms with Crippen molar-refractivity contribution in [2.45, 2.75) is 49.2 Å². The average Bonchev–Trinajstić information content (AvgIpc) is 2.51. The minimum atomic E-state index is -2.00. The molecule has 0 saturated carbocycles. The van der Waals surface area contributed by atoms with Crippen LogP contribution in [0.1, 0.15) is 0 Å². The lowest BCUT2D eigenvalue weighted by Crippen LogP contribution is -2.62. The molecule has 0 amide bonds. The second kappa shape index (κ2) is 6.98. The van der Waals surface area contributed by atoms with Gasteiger partial charge in [0.1, 0.15) is 30.5 Å². The van der Waals surface area contributed by atoms with Crippen molar-refractivity contribution >= 4 is 11.9 Å². The number of aliphatic hydroxyl groups is 5. The molecule has 0 radical (unpaired) electrons. The number of hydrogen-bond donors (Lipinski definition) is 7. The summed E-state index contributed by atoms with van der Waals surface area (Å²) >= 11 is 0. The molecule has 12 heteroatoms. The van der Waals surface area contributed by atoms with Gasteiger partial charge in [-0.2, -0.15) is 0 Å². The highest BCUT2D eigenvalue weighted by atomic mass is 16.7. The Labute approximate surface area is 133 Å². The zero-order valence-electron chi connectivity index (χ0n) is 11.9. The predicted molar refractivity (Wildman–Crippen MR) is 68.0 cm³/mol. The Balaban J connectivity index is 2.21. The van der Waals surface area contributed by atoms with Crippen LogP contribution in [0.5, 0.6) is 0 Å². The normalized spacial score (nSPS) is 42.8. The number of carboxylic acid groups (broad SMARTS) is 2. The monoisotopic (exact) mass is 352 g/mol. The molecule has 0 aromatic carbocycles. The van der Waals surface area contributed by atoms with Gasteiger partial charge in [-0.25, -0.2) is 9.59 Å². The van der Waals surface area contributed by atoms with Crippen LogP contribution >= 0.6 is 0 Å². The number of carboxylic acids is 2. The van der Waals surface area contributed by atoms with E-state index >= 15 is 0 Å². The van der Waals surface area contributed by atoms with Gasteiger partial charge in [-0.15, -0.1) is 0 Å². The van der Waals surface area contributed by atoms with Gasteiger partial charge in [-0.1, -0.05) is 0 Å². The molecule has 1 saturated heterocycles. The molecule has 0 bridgehead atoms. The molecule has 0 spiro atoms. The first kappa shape index (κ1) is 18.5. The average molecular weight is 352 g/mol. The molecule has 2 heterocycles. The van der Waals surface area contributed by atoms with Crippen molar-refractivity contribution in [3.8, 4) is 0 Å². The number of ether oxygens (including phenoxy) is 3. The highest BCUT2D eigenvalue weighted by Gasteiger charge is 2.50. The molecule has 0 unspecified atom stereocenters. The van der Waals surface area contributed by atoms with E-state index in [0.717, 1.165) is 0 Å². The summed E-state index contributed by atoms with van der Waals surface area (Å²) in [6.45, 7) is 0.